The number of oxazole rings is 1. The molecular formula is C21H20Cl2N4O2. The summed E-state index contributed by atoms with van der Waals surface area (Å²) < 4.78 is 5.78. The Morgan fingerprint density at radius 1 is 0.931 bits per heavy atom. The zero-order valence-corrected chi connectivity index (χ0v) is 17.2. The van der Waals surface area contributed by atoms with Gasteiger partial charge >= 0.3 is 0 Å². The molecule has 1 amide bonds. The highest BCUT2D eigenvalue weighted by Gasteiger charge is 2.22. The van der Waals surface area contributed by atoms with Gasteiger partial charge in [-0.3, -0.25) is 4.79 Å². The molecule has 0 radical (unpaired) electrons. The van der Waals surface area contributed by atoms with E-state index in [4.69, 9.17) is 27.6 Å². The fraction of sp³-hybridized carbons (Fsp3) is 0.286. The minimum Gasteiger partial charge on any atom is -0.441 e. The number of carbonyl (C=O) groups excluding carboxylic acids is 1. The number of hydrogen-bond acceptors (Lipinski definition) is 5. The van der Waals surface area contributed by atoms with E-state index in [1.807, 2.05) is 41.3 Å². The monoisotopic (exact) mass is 430 g/mol. The topological polar surface area (TPSA) is 62.5 Å². The third kappa shape index (κ3) is 4.89. The van der Waals surface area contributed by atoms with Crippen molar-refractivity contribution in [2.24, 2.45) is 0 Å². The molecule has 3 aromatic rings. The summed E-state index contributed by atoms with van der Waals surface area (Å²) in [7, 11) is 0. The molecular weight excluding hydrogens is 411 g/mol. The maximum Gasteiger partial charge on any atom is 0.223 e. The summed E-state index contributed by atoms with van der Waals surface area (Å²) in [4.78, 5) is 25.2. The van der Waals surface area contributed by atoms with Gasteiger partial charge in [-0.05, 0) is 36.4 Å². The van der Waals surface area contributed by atoms with Crippen LogP contribution in [0.25, 0.3) is 11.3 Å². The molecule has 0 bridgehead atoms. The largest absolute Gasteiger partial charge is 0.441 e. The maximum absolute atomic E-state index is 12.6. The molecule has 1 aliphatic heterocycles. The Morgan fingerprint density at radius 2 is 1.66 bits per heavy atom. The molecule has 0 unspecified atom stereocenters. The first-order valence-corrected chi connectivity index (χ1v) is 10.2. The molecule has 1 aromatic carbocycles. The number of anilines is 1. The molecule has 0 saturated carbocycles. The molecule has 4 rings (SSSR count). The van der Waals surface area contributed by atoms with Crippen LogP contribution in [-0.2, 0) is 11.2 Å². The van der Waals surface area contributed by atoms with Crippen LogP contribution in [0.4, 0.5) is 5.82 Å². The van der Waals surface area contributed by atoms with Gasteiger partial charge in [0.25, 0.3) is 0 Å². The molecule has 2 aromatic heterocycles. The van der Waals surface area contributed by atoms with Crippen molar-refractivity contribution in [3.05, 3.63) is 64.7 Å². The normalized spacial score (nSPS) is 14.3. The number of piperazine rings is 1. The van der Waals surface area contributed by atoms with Gasteiger partial charge in [0.15, 0.2) is 11.7 Å². The van der Waals surface area contributed by atoms with Crippen molar-refractivity contribution in [3.8, 4) is 11.3 Å². The van der Waals surface area contributed by atoms with Gasteiger partial charge in [0.05, 0.1) is 11.2 Å². The van der Waals surface area contributed by atoms with E-state index in [9.17, 15) is 4.79 Å². The van der Waals surface area contributed by atoms with Gasteiger partial charge in [-0.1, -0.05) is 23.2 Å². The van der Waals surface area contributed by atoms with Gasteiger partial charge in [0.1, 0.15) is 5.82 Å². The summed E-state index contributed by atoms with van der Waals surface area (Å²) in [5.74, 6) is 2.23. The van der Waals surface area contributed by atoms with Crippen molar-refractivity contribution in [3.63, 3.8) is 0 Å². The van der Waals surface area contributed by atoms with Gasteiger partial charge in [0, 0.05) is 55.8 Å². The van der Waals surface area contributed by atoms with Crippen molar-refractivity contribution in [1.82, 2.24) is 14.9 Å². The number of carbonyl (C=O) groups is 1. The number of aryl methyl sites for hydroxylation is 1. The standard InChI is InChI=1S/C21H20Cl2N4O2/c22-16-3-1-15(2-4-16)18-14-25-20(29-18)7-8-21(28)27-11-9-26(10-12-27)19-6-5-17(23)13-24-19/h1-6,13-14H,7-12H2. The van der Waals surface area contributed by atoms with Crippen LogP contribution < -0.4 is 4.90 Å². The second-order valence-electron chi connectivity index (χ2n) is 6.83. The van der Waals surface area contributed by atoms with E-state index in [1.54, 1.807) is 12.4 Å². The Labute approximate surface area is 179 Å². The first kappa shape index (κ1) is 19.7. The molecule has 8 heteroatoms. The van der Waals surface area contributed by atoms with Crippen LogP contribution in [-0.4, -0.2) is 47.0 Å². The number of rotatable bonds is 5. The van der Waals surface area contributed by atoms with Crippen LogP contribution in [0.3, 0.4) is 0 Å². The number of aromatic nitrogens is 2. The molecule has 3 heterocycles. The van der Waals surface area contributed by atoms with Crippen molar-refractivity contribution in [2.75, 3.05) is 31.1 Å². The fourth-order valence-electron chi connectivity index (χ4n) is 3.29. The van der Waals surface area contributed by atoms with E-state index >= 15 is 0 Å². The lowest BCUT2D eigenvalue weighted by Crippen LogP contribution is -2.49. The minimum absolute atomic E-state index is 0.111. The maximum atomic E-state index is 12.6. The fourth-order valence-corrected chi connectivity index (χ4v) is 3.52. The molecule has 0 N–H and O–H groups in total. The van der Waals surface area contributed by atoms with E-state index in [-0.39, 0.29) is 5.91 Å². The van der Waals surface area contributed by atoms with Gasteiger partial charge < -0.3 is 14.2 Å². The third-order valence-corrected chi connectivity index (χ3v) is 5.38. The van der Waals surface area contributed by atoms with E-state index in [2.05, 4.69) is 14.9 Å². The lowest BCUT2D eigenvalue weighted by Gasteiger charge is -2.35. The van der Waals surface area contributed by atoms with Gasteiger partial charge in [-0.2, -0.15) is 0 Å². The predicted octanol–water partition coefficient (Wildman–Crippen LogP) is 4.32. The second-order valence-corrected chi connectivity index (χ2v) is 7.70. The van der Waals surface area contributed by atoms with E-state index in [0.29, 0.717) is 47.6 Å². The average Bonchev–Trinajstić information content (AvgIpc) is 3.22. The molecule has 0 spiro atoms. The van der Waals surface area contributed by atoms with Crippen LogP contribution in [0.1, 0.15) is 12.3 Å². The van der Waals surface area contributed by atoms with E-state index in [1.165, 1.54) is 0 Å². The predicted molar refractivity (Wildman–Crippen MR) is 113 cm³/mol. The van der Waals surface area contributed by atoms with Gasteiger partial charge in [-0.15, -0.1) is 0 Å². The van der Waals surface area contributed by atoms with E-state index < -0.39 is 0 Å². The van der Waals surface area contributed by atoms with Crippen molar-refractivity contribution in [1.29, 1.82) is 0 Å². The van der Waals surface area contributed by atoms with Crippen molar-refractivity contribution < 1.29 is 9.21 Å². The Kier molecular flexibility index (Phi) is 6.02. The number of benzene rings is 1. The van der Waals surface area contributed by atoms with Crippen molar-refractivity contribution in [2.45, 2.75) is 12.8 Å². The summed E-state index contributed by atoms with van der Waals surface area (Å²) in [5, 5.41) is 1.29. The highest BCUT2D eigenvalue weighted by Crippen LogP contribution is 2.23. The second kappa shape index (κ2) is 8.84. The lowest BCUT2D eigenvalue weighted by atomic mass is 10.2. The SMILES string of the molecule is O=C(CCc1ncc(-c2ccc(Cl)cc2)o1)N1CCN(c2ccc(Cl)cn2)CC1. The Morgan fingerprint density at radius 3 is 2.34 bits per heavy atom. The van der Waals surface area contributed by atoms with E-state index in [0.717, 1.165) is 24.5 Å². The zero-order chi connectivity index (χ0) is 20.2. The summed E-state index contributed by atoms with van der Waals surface area (Å²) in [6, 6.07) is 11.1. The number of pyridine rings is 1. The molecule has 6 nitrogen and oxygen atoms in total. The number of nitrogens with zero attached hydrogens (tertiary/aromatic N) is 4. The molecule has 1 aliphatic rings. The van der Waals surface area contributed by atoms with Crippen LogP contribution >= 0.6 is 23.2 Å². The molecule has 0 aliphatic carbocycles. The summed E-state index contributed by atoms with van der Waals surface area (Å²) in [6.07, 6.45) is 4.18. The molecule has 0 atom stereocenters. The van der Waals surface area contributed by atoms with Gasteiger partial charge in [-0.25, -0.2) is 9.97 Å². The van der Waals surface area contributed by atoms with Crippen molar-refractivity contribution >= 4 is 34.9 Å². The highest BCUT2D eigenvalue weighted by molar-refractivity contribution is 6.30. The molecule has 29 heavy (non-hydrogen) atoms. The highest BCUT2D eigenvalue weighted by atomic mass is 35.5. The minimum atomic E-state index is 0.111. The van der Waals surface area contributed by atoms with Crippen LogP contribution in [0.2, 0.25) is 10.0 Å². The quantitative estimate of drug-likeness (QED) is 0.602. The zero-order valence-electron chi connectivity index (χ0n) is 15.7. The third-order valence-electron chi connectivity index (χ3n) is 4.90. The summed E-state index contributed by atoms with van der Waals surface area (Å²) >= 11 is 11.8. The first-order valence-electron chi connectivity index (χ1n) is 9.43. The molecule has 150 valence electrons. The Bertz CT molecular complexity index is 965. The van der Waals surface area contributed by atoms with Gasteiger partial charge in [0.2, 0.25) is 5.91 Å². The Hall–Kier alpha value is -2.57. The average molecular weight is 431 g/mol. The lowest BCUT2D eigenvalue weighted by molar-refractivity contribution is -0.131. The smallest absolute Gasteiger partial charge is 0.223 e. The van der Waals surface area contributed by atoms with Crippen LogP contribution in [0, 0.1) is 0 Å². The Balaban J connectivity index is 1.27. The molecule has 1 fully saturated rings. The first-order chi connectivity index (χ1) is 14.1. The summed E-state index contributed by atoms with van der Waals surface area (Å²) in [6.45, 7) is 2.84. The summed E-state index contributed by atoms with van der Waals surface area (Å²) in [5.41, 5.74) is 0.909. The van der Waals surface area contributed by atoms with Crippen LogP contribution in [0.5, 0.6) is 0 Å². The molecule has 1 saturated heterocycles. The van der Waals surface area contributed by atoms with Crippen LogP contribution in [0.15, 0.2) is 53.2 Å². The number of halogens is 2. The number of amides is 1. The number of hydrogen-bond donors (Lipinski definition) is 0.